The van der Waals surface area contributed by atoms with Crippen LogP contribution in [0.2, 0.25) is 0 Å². The first-order valence-electron chi connectivity index (χ1n) is 16.7. The third kappa shape index (κ3) is 8.24. The van der Waals surface area contributed by atoms with Crippen LogP contribution in [-0.4, -0.2) is 84.6 Å². The number of carbonyl (C=O) groups is 1. The molecule has 0 saturated carbocycles. The Hall–Kier alpha value is -4.93. The Kier molecular flexibility index (Phi) is 11.2. The van der Waals surface area contributed by atoms with Crippen LogP contribution in [0, 0.1) is 26.1 Å². The van der Waals surface area contributed by atoms with Crippen LogP contribution in [0.3, 0.4) is 0 Å². The van der Waals surface area contributed by atoms with E-state index in [0.717, 1.165) is 66.8 Å². The van der Waals surface area contributed by atoms with Gasteiger partial charge in [0.05, 0.1) is 44.2 Å². The molecule has 0 aliphatic carbocycles. The second kappa shape index (κ2) is 15.8. The highest BCUT2D eigenvalue weighted by molar-refractivity contribution is 7.99. The summed E-state index contributed by atoms with van der Waals surface area (Å²) in [6, 6.07) is 18.7. The first-order valence-corrected chi connectivity index (χ1v) is 17.6. The Morgan fingerprint density at radius 2 is 1.46 bits per heavy atom. The minimum Gasteiger partial charge on any atom is -0.485 e. The SMILES string of the molecule is CC(COc1c([N+](=O)[O-])cc([N+](=O)[O-])c2ccccc12)C(=O)OCCN1CCN(CCCN2c3ccccc3Sc3ccc(C(F)(F)F)cc32)CC1. The van der Waals surface area contributed by atoms with Crippen molar-refractivity contribution < 1.29 is 37.3 Å². The first kappa shape index (κ1) is 36.8. The maximum absolute atomic E-state index is 13.6. The fraction of sp³-hybridized carbons (Fsp3) is 0.361. The minimum atomic E-state index is -4.43. The quantitative estimate of drug-likeness (QED) is 0.0766. The van der Waals surface area contributed by atoms with E-state index in [2.05, 4.69) is 9.80 Å². The molecule has 0 aromatic heterocycles. The van der Waals surface area contributed by atoms with Crippen LogP contribution >= 0.6 is 11.8 Å². The topological polar surface area (TPSA) is 132 Å². The van der Waals surface area contributed by atoms with Gasteiger partial charge in [0.15, 0.2) is 0 Å². The maximum atomic E-state index is 13.6. The Morgan fingerprint density at radius 3 is 2.15 bits per heavy atom. The molecule has 1 saturated heterocycles. The smallest absolute Gasteiger partial charge is 0.416 e. The molecular formula is C36H36F3N5O7S. The summed E-state index contributed by atoms with van der Waals surface area (Å²) in [5.74, 6) is -1.44. The lowest BCUT2D eigenvalue weighted by Crippen LogP contribution is -2.47. The number of esters is 1. The second-order valence-electron chi connectivity index (χ2n) is 12.6. The molecule has 52 heavy (non-hydrogen) atoms. The summed E-state index contributed by atoms with van der Waals surface area (Å²) in [5, 5.41) is 23.6. The normalized spacial score (nSPS) is 15.5. The summed E-state index contributed by atoms with van der Waals surface area (Å²) in [4.78, 5) is 42.9. The number of non-ortho nitro benzene ring substituents is 1. The van der Waals surface area contributed by atoms with E-state index >= 15 is 0 Å². The second-order valence-corrected chi connectivity index (χ2v) is 13.7. The van der Waals surface area contributed by atoms with Gasteiger partial charge in [-0.1, -0.05) is 42.1 Å². The number of ether oxygens (including phenoxy) is 2. The predicted octanol–water partition coefficient (Wildman–Crippen LogP) is 7.54. The van der Waals surface area contributed by atoms with Crippen molar-refractivity contribution in [3.63, 3.8) is 0 Å². The molecule has 12 nitrogen and oxygen atoms in total. The van der Waals surface area contributed by atoms with E-state index in [-0.39, 0.29) is 29.7 Å². The summed E-state index contributed by atoms with van der Waals surface area (Å²) >= 11 is 1.48. The number of hydrogen-bond donors (Lipinski definition) is 0. The molecule has 1 fully saturated rings. The lowest BCUT2D eigenvalue weighted by molar-refractivity contribution is -0.393. The van der Waals surface area contributed by atoms with Crippen molar-refractivity contribution in [3.8, 4) is 5.75 Å². The summed E-state index contributed by atoms with van der Waals surface area (Å²) in [7, 11) is 0. The number of benzene rings is 4. The molecule has 16 heteroatoms. The average molecular weight is 740 g/mol. The predicted molar refractivity (Wildman–Crippen MR) is 189 cm³/mol. The largest absolute Gasteiger partial charge is 0.485 e. The number of nitro benzene ring substituents is 2. The van der Waals surface area contributed by atoms with E-state index in [9.17, 15) is 38.2 Å². The number of alkyl halides is 3. The van der Waals surface area contributed by atoms with Gasteiger partial charge >= 0.3 is 17.8 Å². The van der Waals surface area contributed by atoms with Crippen LogP contribution in [0.25, 0.3) is 10.8 Å². The zero-order valence-electron chi connectivity index (χ0n) is 28.2. The first-order chi connectivity index (χ1) is 24.9. The molecule has 274 valence electrons. The van der Waals surface area contributed by atoms with Gasteiger partial charge in [-0.3, -0.25) is 29.9 Å². The molecule has 4 aromatic carbocycles. The van der Waals surface area contributed by atoms with Crippen LogP contribution < -0.4 is 9.64 Å². The van der Waals surface area contributed by atoms with Gasteiger partial charge in [0.25, 0.3) is 5.69 Å². The van der Waals surface area contributed by atoms with E-state index in [1.807, 2.05) is 29.2 Å². The van der Waals surface area contributed by atoms with Gasteiger partial charge in [-0.05, 0) is 56.3 Å². The third-order valence-electron chi connectivity index (χ3n) is 9.15. The van der Waals surface area contributed by atoms with E-state index in [0.29, 0.717) is 18.8 Å². The monoisotopic (exact) mass is 739 g/mol. The number of halogens is 3. The van der Waals surface area contributed by atoms with Gasteiger partial charge in [-0.2, -0.15) is 13.2 Å². The molecule has 0 amide bonds. The number of piperazine rings is 1. The van der Waals surface area contributed by atoms with Crippen molar-refractivity contribution in [2.75, 3.05) is 63.9 Å². The van der Waals surface area contributed by atoms with Gasteiger partial charge in [0.2, 0.25) is 5.75 Å². The fourth-order valence-corrected chi connectivity index (χ4v) is 7.46. The Bertz CT molecular complexity index is 1970. The lowest BCUT2D eigenvalue weighted by atomic mass is 10.1. The number of nitrogens with zero attached hydrogens (tertiary/aromatic N) is 5. The Labute approximate surface area is 301 Å². The van der Waals surface area contributed by atoms with Crippen molar-refractivity contribution in [1.29, 1.82) is 0 Å². The van der Waals surface area contributed by atoms with Crippen molar-refractivity contribution in [1.82, 2.24) is 9.80 Å². The highest BCUT2D eigenvalue weighted by Gasteiger charge is 2.33. The van der Waals surface area contributed by atoms with Crippen molar-refractivity contribution >= 4 is 51.3 Å². The van der Waals surface area contributed by atoms with E-state index in [1.54, 1.807) is 25.1 Å². The fourth-order valence-electron chi connectivity index (χ4n) is 6.38. The number of fused-ring (bicyclic) bond motifs is 3. The molecule has 2 heterocycles. The number of para-hydroxylation sites is 1. The lowest BCUT2D eigenvalue weighted by Gasteiger charge is -2.36. The third-order valence-corrected chi connectivity index (χ3v) is 10.3. The van der Waals surface area contributed by atoms with Crippen molar-refractivity contribution in [2.45, 2.75) is 29.3 Å². The summed E-state index contributed by atoms with van der Waals surface area (Å²) in [6.45, 7) is 6.47. The van der Waals surface area contributed by atoms with Crippen LogP contribution in [0.5, 0.6) is 5.75 Å². The van der Waals surface area contributed by atoms with E-state index in [4.69, 9.17) is 9.47 Å². The zero-order chi connectivity index (χ0) is 37.0. The van der Waals surface area contributed by atoms with E-state index < -0.39 is 44.8 Å². The molecule has 4 aromatic rings. The summed E-state index contributed by atoms with van der Waals surface area (Å²) < 4.78 is 51.9. The highest BCUT2D eigenvalue weighted by Crippen LogP contribution is 2.49. The van der Waals surface area contributed by atoms with Gasteiger partial charge in [-0.15, -0.1) is 0 Å². The molecule has 2 aliphatic heterocycles. The number of carbonyl (C=O) groups excluding carboxylic acids is 1. The molecule has 2 aliphatic rings. The molecule has 0 N–H and O–H groups in total. The molecule has 1 atom stereocenters. The molecule has 0 spiro atoms. The van der Waals surface area contributed by atoms with Gasteiger partial charge in [-0.25, -0.2) is 0 Å². The molecule has 6 rings (SSSR count). The number of rotatable bonds is 13. The standard InChI is InChI=1S/C36H36F3N5O7S/c1-24(23-51-34-27-8-3-2-7-26(27)29(43(46)47)22-31(34)44(48)49)35(45)50-20-19-41-17-15-40(16-18-41)13-6-14-42-28-9-4-5-10-32(28)52-33-12-11-25(21-30(33)42)36(37,38)39/h2-5,7-12,21-22,24H,6,13-20,23H2,1H3. The van der Waals surface area contributed by atoms with Crippen LogP contribution in [-0.2, 0) is 15.7 Å². The molecular weight excluding hydrogens is 703 g/mol. The van der Waals surface area contributed by atoms with Crippen molar-refractivity contribution in [3.05, 3.63) is 98.6 Å². The number of hydrogen-bond acceptors (Lipinski definition) is 11. The van der Waals surface area contributed by atoms with Gasteiger partial charge in [0.1, 0.15) is 13.2 Å². The zero-order valence-corrected chi connectivity index (χ0v) is 29.0. The number of anilines is 2. The van der Waals surface area contributed by atoms with Crippen LogP contribution in [0.4, 0.5) is 35.9 Å². The van der Waals surface area contributed by atoms with Crippen LogP contribution in [0.15, 0.2) is 82.6 Å². The Morgan fingerprint density at radius 1 is 0.827 bits per heavy atom. The molecule has 0 bridgehead atoms. The van der Waals surface area contributed by atoms with Crippen molar-refractivity contribution in [2.24, 2.45) is 5.92 Å². The number of nitro groups is 2. The summed E-state index contributed by atoms with van der Waals surface area (Å²) in [5.41, 5.74) is -0.169. The molecule has 0 radical (unpaired) electrons. The van der Waals surface area contributed by atoms with Gasteiger partial charge < -0.3 is 19.3 Å². The van der Waals surface area contributed by atoms with E-state index in [1.165, 1.54) is 30.0 Å². The molecule has 1 unspecified atom stereocenters. The maximum Gasteiger partial charge on any atom is 0.416 e. The Balaban J connectivity index is 0.955. The van der Waals surface area contributed by atoms with Gasteiger partial charge in [0, 0.05) is 54.4 Å². The average Bonchev–Trinajstić information content (AvgIpc) is 3.12. The summed E-state index contributed by atoms with van der Waals surface area (Å²) in [6.07, 6.45) is -3.67. The van der Waals surface area contributed by atoms with Crippen LogP contribution in [0.1, 0.15) is 18.9 Å². The highest BCUT2D eigenvalue weighted by atomic mass is 32.2. The minimum absolute atomic E-state index is 0.148.